The Kier molecular flexibility index (Phi) is 5.66. The Morgan fingerprint density at radius 3 is 2.75 bits per heavy atom. The van der Waals surface area contributed by atoms with E-state index in [0.29, 0.717) is 19.5 Å². The fourth-order valence-electron chi connectivity index (χ4n) is 3.67. The zero-order valence-electron chi connectivity index (χ0n) is 15.9. The lowest BCUT2D eigenvalue weighted by Gasteiger charge is -2.17. The van der Waals surface area contributed by atoms with Crippen molar-refractivity contribution in [2.24, 2.45) is 0 Å². The molecule has 2 aromatic carbocycles. The van der Waals surface area contributed by atoms with Gasteiger partial charge >= 0.3 is 0 Å². The Balaban J connectivity index is 1.26. The summed E-state index contributed by atoms with van der Waals surface area (Å²) in [5.74, 6) is 0.766. The third-order valence-corrected chi connectivity index (χ3v) is 5.10. The highest BCUT2D eigenvalue weighted by molar-refractivity contribution is 5.90. The number of fused-ring (bicyclic) bond motifs is 1. The highest BCUT2D eigenvalue weighted by atomic mass is 16.1. The van der Waals surface area contributed by atoms with Crippen LogP contribution in [0.3, 0.4) is 0 Å². The molecular weight excluding hydrogens is 350 g/mol. The summed E-state index contributed by atoms with van der Waals surface area (Å²) >= 11 is 0. The second-order valence-corrected chi connectivity index (χ2v) is 7.08. The molecule has 1 amide bonds. The summed E-state index contributed by atoms with van der Waals surface area (Å²) in [6.45, 7) is 3.31. The topological polar surface area (TPSA) is 70.2 Å². The quantitative estimate of drug-likeness (QED) is 0.621. The molecule has 1 saturated heterocycles. The van der Waals surface area contributed by atoms with Crippen LogP contribution in [0.1, 0.15) is 18.4 Å². The maximum atomic E-state index is 12.3. The molecule has 0 bridgehead atoms. The first kappa shape index (κ1) is 18.2. The number of nitrogens with zero attached hydrogens (tertiary/aromatic N) is 3. The summed E-state index contributed by atoms with van der Waals surface area (Å²) in [6, 6.07) is 16.3. The smallest absolute Gasteiger partial charge is 0.224 e. The molecule has 6 nitrogen and oxygen atoms in total. The van der Waals surface area contributed by atoms with Crippen LogP contribution in [0.4, 0.5) is 11.5 Å². The van der Waals surface area contributed by atoms with E-state index in [0.717, 1.165) is 40.9 Å². The number of hydrogen-bond acceptors (Lipinski definition) is 5. The number of aromatic nitrogens is 2. The molecular formula is C22H25N5O. The van der Waals surface area contributed by atoms with Gasteiger partial charge in [-0.1, -0.05) is 42.5 Å². The molecule has 1 fully saturated rings. The molecule has 0 atom stereocenters. The highest BCUT2D eigenvalue weighted by Crippen LogP contribution is 2.21. The summed E-state index contributed by atoms with van der Waals surface area (Å²) in [5, 5.41) is 16.7. The Morgan fingerprint density at radius 2 is 1.86 bits per heavy atom. The minimum Gasteiger partial charge on any atom is -0.370 e. The van der Waals surface area contributed by atoms with Crippen molar-refractivity contribution in [3.8, 4) is 0 Å². The van der Waals surface area contributed by atoms with Crippen LogP contribution in [0.5, 0.6) is 0 Å². The van der Waals surface area contributed by atoms with E-state index in [2.05, 4.69) is 43.9 Å². The summed E-state index contributed by atoms with van der Waals surface area (Å²) in [4.78, 5) is 14.6. The first-order valence-corrected chi connectivity index (χ1v) is 9.84. The summed E-state index contributed by atoms with van der Waals surface area (Å²) < 4.78 is 0. The van der Waals surface area contributed by atoms with Gasteiger partial charge in [-0.2, -0.15) is 5.10 Å². The zero-order valence-corrected chi connectivity index (χ0v) is 15.9. The van der Waals surface area contributed by atoms with E-state index < -0.39 is 0 Å². The van der Waals surface area contributed by atoms with E-state index in [1.165, 1.54) is 12.8 Å². The minimum absolute atomic E-state index is 0.0232. The molecule has 0 unspecified atom stereocenters. The molecule has 1 aliphatic rings. The van der Waals surface area contributed by atoms with Crippen LogP contribution in [-0.2, 0) is 11.2 Å². The lowest BCUT2D eigenvalue weighted by atomic mass is 10.0. The van der Waals surface area contributed by atoms with Crippen LogP contribution in [0.15, 0.2) is 54.7 Å². The van der Waals surface area contributed by atoms with Crippen molar-refractivity contribution in [3.05, 3.63) is 60.3 Å². The number of benzene rings is 2. The van der Waals surface area contributed by atoms with E-state index in [4.69, 9.17) is 0 Å². The van der Waals surface area contributed by atoms with Crippen molar-refractivity contribution in [2.75, 3.05) is 36.4 Å². The molecule has 3 aromatic rings. The van der Waals surface area contributed by atoms with Crippen molar-refractivity contribution in [1.29, 1.82) is 0 Å². The fourth-order valence-corrected chi connectivity index (χ4v) is 3.67. The highest BCUT2D eigenvalue weighted by Gasteiger charge is 2.13. The maximum absolute atomic E-state index is 12.3. The summed E-state index contributed by atoms with van der Waals surface area (Å²) in [5.41, 5.74) is 2.16. The van der Waals surface area contributed by atoms with Gasteiger partial charge in [0.1, 0.15) is 0 Å². The van der Waals surface area contributed by atoms with Crippen LogP contribution in [0, 0.1) is 0 Å². The van der Waals surface area contributed by atoms with Crippen molar-refractivity contribution in [1.82, 2.24) is 15.5 Å². The van der Waals surface area contributed by atoms with E-state index in [-0.39, 0.29) is 5.91 Å². The van der Waals surface area contributed by atoms with Crippen molar-refractivity contribution >= 4 is 28.2 Å². The van der Waals surface area contributed by atoms with E-state index in [1.54, 1.807) is 0 Å². The van der Waals surface area contributed by atoms with Crippen LogP contribution in [-0.4, -0.2) is 42.3 Å². The minimum atomic E-state index is 0.0232. The van der Waals surface area contributed by atoms with Gasteiger partial charge < -0.3 is 15.5 Å². The first-order chi connectivity index (χ1) is 13.8. The van der Waals surface area contributed by atoms with Crippen LogP contribution in [0.25, 0.3) is 10.8 Å². The normalized spacial score (nSPS) is 13.6. The van der Waals surface area contributed by atoms with E-state index in [1.807, 2.05) is 36.5 Å². The van der Waals surface area contributed by atoms with Crippen molar-refractivity contribution in [2.45, 2.75) is 19.3 Å². The average Bonchev–Trinajstić information content (AvgIpc) is 3.27. The number of carbonyl (C=O) groups is 1. The molecule has 144 valence electrons. The third kappa shape index (κ3) is 4.39. The van der Waals surface area contributed by atoms with Crippen LogP contribution >= 0.6 is 0 Å². The van der Waals surface area contributed by atoms with Gasteiger partial charge in [0.25, 0.3) is 0 Å². The standard InChI is InChI=1S/C22H25N5O/c28-22(14-18-8-5-7-17-6-1-2-9-20(17)18)24-11-10-23-21-15-19(16-25-26-21)27-12-3-4-13-27/h1-2,5-9,15-16H,3-4,10-14H2,(H,23,26)(H,24,28). The predicted molar refractivity (Wildman–Crippen MR) is 113 cm³/mol. The third-order valence-electron chi connectivity index (χ3n) is 5.10. The zero-order chi connectivity index (χ0) is 19.2. The monoisotopic (exact) mass is 375 g/mol. The largest absolute Gasteiger partial charge is 0.370 e. The van der Waals surface area contributed by atoms with Gasteiger partial charge in [0.05, 0.1) is 18.3 Å². The molecule has 28 heavy (non-hydrogen) atoms. The molecule has 2 heterocycles. The van der Waals surface area contributed by atoms with Crippen molar-refractivity contribution in [3.63, 3.8) is 0 Å². The molecule has 0 saturated carbocycles. The lowest BCUT2D eigenvalue weighted by molar-refractivity contribution is -0.120. The fraction of sp³-hybridized carbons (Fsp3) is 0.318. The molecule has 0 aliphatic carbocycles. The molecule has 1 aliphatic heterocycles. The Hall–Kier alpha value is -3.15. The predicted octanol–water partition coefficient (Wildman–Crippen LogP) is 3.00. The first-order valence-electron chi connectivity index (χ1n) is 9.84. The Bertz CT molecular complexity index is 947. The molecule has 4 rings (SSSR count). The number of anilines is 2. The van der Waals surface area contributed by atoms with Crippen LogP contribution in [0.2, 0.25) is 0 Å². The van der Waals surface area contributed by atoms with Gasteiger partial charge in [-0.25, -0.2) is 0 Å². The molecule has 0 spiro atoms. The van der Waals surface area contributed by atoms with E-state index >= 15 is 0 Å². The molecule has 0 radical (unpaired) electrons. The second-order valence-electron chi connectivity index (χ2n) is 7.08. The maximum Gasteiger partial charge on any atom is 0.224 e. The van der Waals surface area contributed by atoms with Crippen LogP contribution < -0.4 is 15.5 Å². The van der Waals surface area contributed by atoms with Gasteiger partial charge in [0.15, 0.2) is 5.82 Å². The number of carbonyl (C=O) groups excluding carboxylic acids is 1. The van der Waals surface area contributed by atoms with Gasteiger partial charge in [-0.3, -0.25) is 4.79 Å². The molecule has 6 heteroatoms. The number of hydrogen-bond donors (Lipinski definition) is 2. The summed E-state index contributed by atoms with van der Waals surface area (Å²) in [7, 11) is 0. The van der Waals surface area contributed by atoms with Crippen molar-refractivity contribution < 1.29 is 4.79 Å². The van der Waals surface area contributed by atoms with E-state index in [9.17, 15) is 4.79 Å². The molecule has 1 aromatic heterocycles. The Labute approximate surface area is 165 Å². The van der Waals surface area contributed by atoms with Gasteiger partial charge in [-0.15, -0.1) is 5.10 Å². The van der Waals surface area contributed by atoms with Gasteiger partial charge in [0.2, 0.25) is 5.91 Å². The number of amides is 1. The molecule has 2 N–H and O–H groups in total. The Morgan fingerprint density at radius 1 is 1.04 bits per heavy atom. The van der Waals surface area contributed by atoms with Gasteiger partial charge in [-0.05, 0) is 29.2 Å². The summed E-state index contributed by atoms with van der Waals surface area (Å²) in [6.07, 6.45) is 4.65. The second kappa shape index (κ2) is 8.69. The SMILES string of the molecule is O=C(Cc1cccc2ccccc12)NCCNc1cc(N2CCCC2)cnn1. The number of nitrogens with one attached hydrogen (secondary N) is 2. The lowest BCUT2D eigenvalue weighted by Crippen LogP contribution is -2.30. The number of rotatable bonds is 7. The average molecular weight is 375 g/mol. The van der Waals surface area contributed by atoms with Gasteiger partial charge in [0, 0.05) is 32.2 Å².